The van der Waals surface area contributed by atoms with E-state index in [2.05, 4.69) is 41.5 Å². The molecule has 18 heavy (non-hydrogen) atoms. The second-order valence-electron chi connectivity index (χ2n) is 4.53. The fourth-order valence-corrected chi connectivity index (χ4v) is 2.04. The molecule has 0 fully saturated rings. The molecule has 1 aromatic carbocycles. The number of benzene rings is 1. The van der Waals surface area contributed by atoms with E-state index < -0.39 is 0 Å². The minimum absolute atomic E-state index is 0.322. The fourth-order valence-electron chi connectivity index (χ4n) is 2.04. The highest BCUT2D eigenvalue weighted by Crippen LogP contribution is 2.22. The molecule has 0 bridgehead atoms. The fraction of sp³-hybridized carbons (Fsp3) is 0.400. The molecule has 1 N–H and O–H groups in total. The lowest BCUT2D eigenvalue weighted by molar-refractivity contribution is 0.184. The minimum atomic E-state index is 0.322. The standard InChI is InChI=1S/C15H20N2O/c1-4-13(10-18-3)17-14-7-5-6-12-9-8-11(2)16-15(12)14/h5-9,13,17H,4,10H2,1-3H3. The van der Waals surface area contributed by atoms with Gasteiger partial charge < -0.3 is 10.1 Å². The average molecular weight is 244 g/mol. The topological polar surface area (TPSA) is 34.1 Å². The Balaban J connectivity index is 2.34. The van der Waals surface area contributed by atoms with Gasteiger partial charge in [0.2, 0.25) is 0 Å². The monoisotopic (exact) mass is 244 g/mol. The maximum atomic E-state index is 5.22. The normalized spacial score (nSPS) is 12.6. The predicted molar refractivity (Wildman–Crippen MR) is 76.1 cm³/mol. The van der Waals surface area contributed by atoms with Crippen molar-refractivity contribution < 1.29 is 4.74 Å². The number of pyridine rings is 1. The number of nitrogens with zero attached hydrogens (tertiary/aromatic N) is 1. The van der Waals surface area contributed by atoms with Crippen LogP contribution in [-0.2, 0) is 4.74 Å². The van der Waals surface area contributed by atoms with Crippen LogP contribution in [0.1, 0.15) is 19.0 Å². The van der Waals surface area contributed by atoms with Crippen LogP contribution in [0.3, 0.4) is 0 Å². The molecular weight excluding hydrogens is 224 g/mol. The van der Waals surface area contributed by atoms with Gasteiger partial charge in [-0.2, -0.15) is 0 Å². The number of aryl methyl sites for hydroxylation is 1. The van der Waals surface area contributed by atoms with Crippen LogP contribution in [0, 0.1) is 6.92 Å². The van der Waals surface area contributed by atoms with Crippen LogP contribution in [-0.4, -0.2) is 24.7 Å². The van der Waals surface area contributed by atoms with Crippen molar-refractivity contribution in [2.45, 2.75) is 26.3 Å². The lowest BCUT2D eigenvalue weighted by atomic mass is 10.1. The Morgan fingerprint density at radius 1 is 1.28 bits per heavy atom. The minimum Gasteiger partial charge on any atom is -0.383 e. The number of aromatic nitrogens is 1. The van der Waals surface area contributed by atoms with E-state index in [1.54, 1.807) is 7.11 Å². The number of rotatable bonds is 5. The first-order valence-corrected chi connectivity index (χ1v) is 6.36. The molecule has 96 valence electrons. The zero-order valence-corrected chi connectivity index (χ0v) is 11.2. The third kappa shape index (κ3) is 2.79. The van der Waals surface area contributed by atoms with Gasteiger partial charge in [0.25, 0.3) is 0 Å². The van der Waals surface area contributed by atoms with Crippen LogP contribution in [0.5, 0.6) is 0 Å². The van der Waals surface area contributed by atoms with Crippen molar-refractivity contribution in [2.75, 3.05) is 19.0 Å². The summed E-state index contributed by atoms with van der Waals surface area (Å²) in [5, 5.41) is 4.68. The van der Waals surface area contributed by atoms with Crippen LogP contribution < -0.4 is 5.32 Å². The Kier molecular flexibility index (Phi) is 4.15. The molecule has 3 nitrogen and oxygen atoms in total. The first-order valence-electron chi connectivity index (χ1n) is 6.36. The van der Waals surface area contributed by atoms with Crippen molar-refractivity contribution in [3.05, 3.63) is 36.0 Å². The first kappa shape index (κ1) is 12.8. The van der Waals surface area contributed by atoms with Gasteiger partial charge in [0.15, 0.2) is 0 Å². The predicted octanol–water partition coefficient (Wildman–Crippen LogP) is 3.38. The van der Waals surface area contributed by atoms with Crippen LogP contribution in [0.4, 0.5) is 5.69 Å². The molecule has 0 amide bonds. The number of ether oxygens (including phenoxy) is 1. The van der Waals surface area contributed by atoms with Crippen molar-refractivity contribution >= 4 is 16.6 Å². The van der Waals surface area contributed by atoms with Crippen molar-refractivity contribution in [1.82, 2.24) is 4.98 Å². The molecule has 0 saturated heterocycles. The first-order chi connectivity index (χ1) is 8.74. The van der Waals surface area contributed by atoms with Gasteiger partial charge in [0.05, 0.1) is 17.8 Å². The second-order valence-corrected chi connectivity index (χ2v) is 4.53. The van der Waals surface area contributed by atoms with E-state index in [1.165, 1.54) is 0 Å². The van der Waals surface area contributed by atoms with E-state index in [0.29, 0.717) is 12.6 Å². The molecule has 0 aliphatic heterocycles. The largest absolute Gasteiger partial charge is 0.383 e. The smallest absolute Gasteiger partial charge is 0.0936 e. The molecule has 0 spiro atoms. The quantitative estimate of drug-likeness (QED) is 0.875. The van der Waals surface area contributed by atoms with Gasteiger partial charge in [-0.1, -0.05) is 25.1 Å². The van der Waals surface area contributed by atoms with Gasteiger partial charge in [-0.05, 0) is 25.5 Å². The van der Waals surface area contributed by atoms with Crippen LogP contribution >= 0.6 is 0 Å². The molecular formula is C15H20N2O. The highest BCUT2D eigenvalue weighted by atomic mass is 16.5. The molecule has 0 aliphatic carbocycles. The summed E-state index contributed by atoms with van der Waals surface area (Å²) < 4.78 is 5.22. The molecule has 0 radical (unpaired) electrons. The van der Waals surface area contributed by atoms with Gasteiger partial charge in [0, 0.05) is 24.2 Å². The molecule has 0 saturated carbocycles. The van der Waals surface area contributed by atoms with Gasteiger partial charge in [0.1, 0.15) is 0 Å². The molecule has 1 atom stereocenters. The molecule has 1 aromatic heterocycles. The van der Waals surface area contributed by atoms with Gasteiger partial charge in [-0.3, -0.25) is 4.98 Å². The maximum absolute atomic E-state index is 5.22. The molecule has 3 heteroatoms. The molecule has 1 heterocycles. The number of anilines is 1. The molecule has 0 aliphatic rings. The summed E-state index contributed by atoms with van der Waals surface area (Å²) in [6, 6.07) is 10.7. The van der Waals surface area contributed by atoms with Crippen molar-refractivity contribution in [3.8, 4) is 0 Å². The van der Waals surface area contributed by atoms with E-state index in [-0.39, 0.29) is 0 Å². The van der Waals surface area contributed by atoms with E-state index in [1.807, 2.05) is 13.0 Å². The number of methoxy groups -OCH3 is 1. The Hall–Kier alpha value is -1.61. The summed E-state index contributed by atoms with van der Waals surface area (Å²) in [6.45, 7) is 4.88. The van der Waals surface area contributed by atoms with Crippen LogP contribution in [0.15, 0.2) is 30.3 Å². The summed E-state index contributed by atoms with van der Waals surface area (Å²) in [4.78, 5) is 4.62. The SMILES string of the molecule is CCC(COC)Nc1cccc2ccc(C)nc12. The van der Waals surface area contributed by atoms with Gasteiger partial charge >= 0.3 is 0 Å². The van der Waals surface area contributed by atoms with Crippen LogP contribution in [0.2, 0.25) is 0 Å². The Labute approximate surface area is 108 Å². The molecule has 1 unspecified atom stereocenters. The maximum Gasteiger partial charge on any atom is 0.0936 e. The number of fused-ring (bicyclic) bond motifs is 1. The van der Waals surface area contributed by atoms with E-state index >= 15 is 0 Å². The summed E-state index contributed by atoms with van der Waals surface area (Å²) in [5.41, 5.74) is 3.16. The highest BCUT2D eigenvalue weighted by molar-refractivity contribution is 5.90. The summed E-state index contributed by atoms with van der Waals surface area (Å²) in [5.74, 6) is 0. The van der Waals surface area contributed by atoms with E-state index in [9.17, 15) is 0 Å². The Morgan fingerprint density at radius 3 is 2.83 bits per heavy atom. The summed E-state index contributed by atoms with van der Waals surface area (Å²) in [6.07, 6.45) is 1.02. The highest BCUT2D eigenvalue weighted by Gasteiger charge is 2.08. The third-order valence-electron chi connectivity index (χ3n) is 3.08. The lowest BCUT2D eigenvalue weighted by Gasteiger charge is -2.18. The van der Waals surface area contributed by atoms with E-state index in [4.69, 9.17) is 4.74 Å². The van der Waals surface area contributed by atoms with Crippen molar-refractivity contribution in [2.24, 2.45) is 0 Å². The lowest BCUT2D eigenvalue weighted by Crippen LogP contribution is -2.24. The summed E-state index contributed by atoms with van der Waals surface area (Å²) in [7, 11) is 1.73. The molecule has 2 aromatic rings. The number of hydrogen-bond donors (Lipinski definition) is 1. The average Bonchev–Trinajstić information content (AvgIpc) is 2.38. The zero-order chi connectivity index (χ0) is 13.0. The van der Waals surface area contributed by atoms with Gasteiger partial charge in [-0.25, -0.2) is 0 Å². The van der Waals surface area contributed by atoms with Gasteiger partial charge in [-0.15, -0.1) is 0 Å². The Bertz CT molecular complexity index is 525. The molecule has 2 rings (SSSR count). The van der Waals surface area contributed by atoms with Crippen molar-refractivity contribution in [1.29, 1.82) is 0 Å². The van der Waals surface area contributed by atoms with E-state index in [0.717, 1.165) is 28.7 Å². The third-order valence-corrected chi connectivity index (χ3v) is 3.08. The van der Waals surface area contributed by atoms with Crippen LogP contribution in [0.25, 0.3) is 10.9 Å². The number of hydrogen-bond acceptors (Lipinski definition) is 3. The second kappa shape index (κ2) is 5.83. The number of nitrogens with one attached hydrogen (secondary N) is 1. The summed E-state index contributed by atoms with van der Waals surface area (Å²) >= 11 is 0. The zero-order valence-electron chi connectivity index (χ0n) is 11.2. The number of para-hydroxylation sites is 1. The van der Waals surface area contributed by atoms with Crippen molar-refractivity contribution in [3.63, 3.8) is 0 Å². The Morgan fingerprint density at radius 2 is 2.11 bits per heavy atom.